The number of esters is 2. The van der Waals surface area contributed by atoms with Gasteiger partial charge in [-0.25, -0.2) is 14.0 Å². The molecule has 0 aromatic heterocycles. The molecule has 9 heteroatoms. The zero-order chi connectivity index (χ0) is 25.8. The Morgan fingerprint density at radius 1 is 1.06 bits per heavy atom. The van der Waals surface area contributed by atoms with E-state index in [4.69, 9.17) is 24.7 Å². The Morgan fingerprint density at radius 2 is 1.72 bits per heavy atom. The lowest BCUT2D eigenvalue weighted by Crippen LogP contribution is -2.28. The summed E-state index contributed by atoms with van der Waals surface area (Å²) in [6, 6.07) is 18.7. The largest absolute Gasteiger partial charge is 0.479 e. The molecule has 0 spiro atoms. The number of rotatable bonds is 6. The molecule has 36 heavy (non-hydrogen) atoms. The van der Waals surface area contributed by atoms with Crippen LogP contribution in [0.2, 0.25) is 0 Å². The van der Waals surface area contributed by atoms with Crippen molar-refractivity contribution in [1.29, 1.82) is 5.26 Å². The van der Waals surface area contributed by atoms with Crippen molar-refractivity contribution in [1.82, 2.24) is 0 Å². The minimum Gasteiger partial charge on any atom is -0.479 e. The van der Waals surface area contributed by atoms with Gasteiger partial charge in [0.05, 0.1) is 18.6 Å². The second-order valence-electron chi connectivity index (χ2n) is 7.87. The van der Waals surface area contributed by atoms with E-state index in [1.165, 1.54) is 44.4 Å². The molecule has 2 N–H and O–H groups in total. The van der Waals surface area contributed by atoms with Crippen molar-refractivity contribution in [2.45, 2.75) is 18.9 Å². The van der Waals surface area contributed by atoms with Gasteiger partial charge in [-0.15, -0.1) is 0 Å². The fraction of sp³-hybridized carbons (Fsp3) is 0.148. The Morgan fingerprint density at radius 3 is 2.36 bits per heavy atom. The van der Waals surface area contributed by atoms with Crippen LogP contribution in [0.1, 0.15) is 34.3 Å². The van der Waals surface area contributed by atoms with E-state index in [-0.39, 0.29) is 17.2 Å². The lowest BCUT2D eigenvalue weighted by Gasteiger charge is -2.27. The molecule has 1 heterocycles. The van der Waals surface area contributed by atoms with Crippen molar-refractivity contribution in [2.24, 2.45) is 5.73 Å². The Labute approximate surface area is 206 Å². The zero-order valence-corrected chi connectivity index (χ0v) is 19.4. The Kier molecular flexibility index (Phi) is 6.88. The van der Waals surface area contributed by atoms with Gasteiger partial charge in [-0.05, 0) is 55.0 Å². The third kappa shape index (κ3) is 4.98. The topological polar surface area (TPSA) is 121 Å². The van der Waals surface area contributed by atoms with Crippen LogP contribution in [-0.2, 0) is 9.53 Å². The molecular formula is C27H21FN2O6. The maximum absolute atomic E-state index is 13.1. The molecule has 4 rings (SSSR count). The number of nitrogens with zero attached hydrogens (tertiary/aromatic N) is 1. The molecule has 1 aliphatic rings. The van der Waals surface area contributed by atoms with Gasteiger partial charge in [-0.3, -0.25) is 0 Å². The number of halogens is 1. The second-order valence-corrected chi connectivity index (χ2v) is 7.87. The normalized spacial score (nSPS) is 15.1. The molecule has 0 radical (unpaired) electrons. The highest BCUT2D eigenvalue weighted by molar-refractivity contribution is 5.89. The average Bonchev–Trinajstić information content (AvgIpc) is 2.88. The number of carbonyl (C=O) groups is 2. The van der Waals surface area contributed by atoms with Gasteiger partial charge in [-0.2, -0.15) is 5.26 Å². The number of nitrogens with two attached hydrogens (primary N) is 1. The van der Waals surface area contributed by atoms with E-state index in [0.717, 1.165) is 0 Å². The van der Waals surface area contributed by atoms with Crippen LogP contribution in [0.3, 0.4) is 0 Å². The smallest absolute Gasteiger partial charge is 0.352 e. The summed E-state index contributed by atoms with van der Waals surface area (Å²) in [5.41, 5.74) is 7.94. The van der Waals surface area contributed by atoms with Crippen LogP contribution >= 0.6 is 0 Å². The van der Waals surface area contributed by atoms with E-state index in [0.29, 0.717) is 28.2 Å². The van der Waals surface area contributed by atoms with Gasteiger partial charge in [0.1, 0.15) is 34.7 Å². The van der Waals surface area contributed by atoms with Crippen LogP contribution in [0, 0.1) is 17.1 Å². The fourth-order valence-electron chi connectivity index (χ4n) is 3.74. The highest BCUT2D eigenvalue weighted by Gasteiger charge is 2.31. The van der Waals surface area contributed by atoms with Crippen molar-refractivity contribution in [3.05, 3.63) is 101 Å². The number of methoxy groups -OCH3 is 1. The monoisotopic (exact) mass is 488 g/mol. The molecule has 3 aromatic rings. The highest BCUT2D eigenvalue weighted by Crippen LogP contribution is 2.43. The molecular weight excluding hydrogens is 467 g/mol. The van der Waals surface area contributed by atoms with Crippen LogP contribution in [0.15, 0.2) is 78.2 Å². The van der Waals surface area contributed by atoms with E-state index in [1.54, 1.807) is 36.4 Å². The van der Waals surface area contributed by atoms with Gasteiger partial charge in [0, 0.05) is 11.6 Å². The van der Waals surface area contributed by atoms with Gasteiger partial charge >= 0.3 is 11.9 Å². The third-order valence-electron chi connectivity index (χ3n) is 5.53. The Bertz CT molecular complexity index is 1380. The standard InChI is InChI=1S/C27H21FN2O6/c1-15(34-19-9-7-18(28)8-10-19)26(31)35-20-11-12-21-23(13-20)36-25(30)22(14-29)24(21)16-3-5-17(6-4-16)27(32)33-2/h3-13,15,24H,30H2,1-2H3. The van der Waals surface area contributed by atoms with Crippen molar-refractivity contribution in [3.8, 4) is 23.3 Å². The molecule has 0 saturated heterocycles. The van der Waals surface area contributed by atoms with E-state index < -0.39 is 29.8 Å². The van der Waals surface area contributed by atoms with Gasteiger partial charge < -0.3 is 24.7 Å². The number of hydrogen-bond acceptors (Lipinski definition) is 8. The minimum absolute atomic E-state index is 0.0801. The van der Waals surface area contributed by atoms with Gasteiger partial charge in [0.25, 0.3) is 0 Å². The molecule has 2 atom stereocenters. The van der Waals surface area contributed by atoms with Gasteiger partial charge in [0.2, 0.25) is 5.88 Å². The average molecular weight is 488 g/mol. The lowest BCUT2D eigenvalue weighted by atomic mass is 9.83. The molecule has 2 unspecified atom stereocenters. The van der Waals surface area contributed by atoms with Crippen LogP contribution in [0.5, 0.6) is 17.2 Å². The number of fused-ring (bicyclic) bond motifs is 1. The number of nitriles is 1. The molecule has 0 saturated carbocycles. The van der Waals surface area contributed by atoms with E-state index in [9.17, 15) is 19.2 Å². The molecule has 3 aromatic carbocycles. The van der Waals surface area contributed by atoms with E-state index >= 15 is 0 Å². The summed E-state index contributed by atoms with van der Waals surface area (Å²) in [6.45, 7) is 1.51. The van der Waals surface area contributed by atoms with E-state index in [2.05, 4.69) is 6.07 Å². The second kappa shape index (κ2) is 10.2. The molecule has 8 nitrogen and oxygen atoms in total. The minimum atomic E-state index is -0.969. The van der Waals surface area contributed by atoms with Crippen LogP contribution < -0.4 is 19.9 Å². The molecule has 0 aliphatic carbocycles. The first kappa shape index (κ1) is 24.3. The van der Waals surface area contributed by atoms with Crippen LogP contribution in [0.4, 0.5) is 4.39 Å². The van der Waals surface area contributed by atoms with Gasteiger partial charge in [-0.1, -0.05) is 18.2 Å². The van der Waals surface area contributed by atoms with Crippen molar-refractivity contribution in [2.75, 3.05) is 7.11 Å². The quantitative estimate of drug-likeness (QED) is 0.405. The van der Waals surface area contributed by atoms with Crippen LogP contribution in [-0.4, -0.2) is 25.2 Å². The van der Waals surface area contributed by atoms with E-state index in [1.807, 2.05) is 0 Å². The SMILES string of the molecule is COC(=O)c1ccc(C2C(C#N)=C(N)Oc3cc(OC(=O)C(C)Oc4ccc(F)cc4)ccc32)cc1. The molecule has 0 amide bonds. The first-order chi connectivity index (χ1) is 17.3. The molecule has 0 bridgehead atoms. The maximum atomic E-state index is 13.1. The summed E-state index contributed by atoms with van der Waals surface area (Å²) in [4.78, 5) is 24.3. The maximum Gasteiger partial charge on any atom is 0.352 e. The highest BCUT2D eigenvalue weighted by atomic mass is 19.1. The third-order valence-corrected chi connectivity index (χ3v) is 5.53. The molecule has 182 valence electrons. The molecule has 1 aliphatic heterocycles. The number of hydrogen-bond donors (Lipinski definition) is 1. The number of benzene rings is 3. The first-order valence-electron chi connectivity index (χ1n) is 10.8. The predicted molar refractivity (Wildman–Crippen MR) is 126 cm³/mol. The lowest BCUT2D eigenvalue weighted by molar-refractivity contribution is -0.141. The number of carbonyl (C=O) groups excluding carboxylic acids is 2. The van der Waals surface area contributed by atoms with Crippen molar-refractivity contribution < 1.29 is 32.9 Å². The number of ether oxygens (including phenoxy) is 4. The molecule has 0 fully saturated rings. The van der Waals surface area contributed by atoms with Crippen LogP contribution in [0.25, 0.3) is 0 Å². The fourth-order valence-corrected chi connectivity index (χ4v) is 3.74. The zero-order valence-electron chi connectivity index (χ0n) is 19.4. The summed E-state index contributed by atoms with van der Waals surface area (Å²) >= 11 is 0. The number of allylic oxidation sites excluding steroid dienone is 1. The predicted octanol–water partition coefficient (Wildman–Crippen LogP) is 4.20. The summed E-state index contributed by atoms with van der Waals surface area (Å²) in [6.07, 6.45) is -0.969. The Hall–Kier alpha value is -4.84. The van der Waals surface area contributed by atoms with Gasteiger partial charge in [0.15, 0.2) is 6.10 Å². The summed E-state index contributed by atoms with van der Waals surface area (Å²) in [7, 11) is 1.29. The summed E-state index contributed by atoms with van der Waals surface area (Å²) in [5.74, 6) is -1.40. The van der Waals surface area contributed by atoms with Crippen molar-refractivity contribution in [3.63, 3.8) is 0 Å². The summed E-state index contributed by atoms with van der Waals surface area (Å²) in [5, 5.41) is 9.72. The summed E-state index contributed by atoms with van der Waals surface area (Å²) < 4.78 is 34.4. The van der Waals surface area contributed by atoms with Crippen molar-refractivity contribution >= 4 is 11.9 Å². The Balaban J connectivity index is 1.57. The first-order valence-corrected chi connectivity index (χ1v) is 10.8.